The van der Waals surface area contributed by atoms with Gasteiger partial charge < -0.3 is 10.6 Å². The van der Waals surface area contributed by atoms with Gasteiger partial charge in [-0.15, -0.1) is 0 Å². The molecular formula is C12H21N3O2. The molecule has 2 rings (SSSR count). The van der Waals surface area contributed by atoms with Crippen molar-refractivity contribution < 1.29 is 9.59 Å². The summed E-state index contributed by atoms with van der Waals surface area (Å²) in [7, 11) is 0. The van der Waals surface area contributed by atoms with Crippen molar-refractivity contribution in [3.63, 3.8) is 0 Å². The lowest BCUT2D eigenvalue weighted by atomic mass is 10.2. The highest BCUT2D eigenvalue weighted by Gasteiger charge is 2.29. The van der Waals surface area contributed by atoms with Crippen LogP contribution in [-0.2, 0) is 9.59 Å². The van der Waals surface area contributed by atoms with E-state index in [1.807, 2.05) is 0 Å². The Morgan fingerprint density at radius 2 is 1.24 bits per heavy atom. The van der Waals surface area contributed by atoms with Gasteiger partial charge in [-0.05, 0) is 39.5 Å². The molecule has 0 spiro atoms. The lowest BCUT2D eigenvalue weighted by molar-refractivity contribution is -0.125. The molecule has 5 nitrogen and oxygen atoms in total. The van der Waals surface area contributed by atoms with E-state index in [-0.39, 0.29) is 23.9 Å². The first-order valence-electron chi connectivity index (χ1n) is 6.43. The first-order chi connectivity index (χ1) is 8.06. The van der Waals surface area contributed by atoms with E-state index in [4.69, 9.17) is 0 Å². The number of hydrogen-bond acceptors (Lipinski definition) is 3. The maximum Gasteiger partial charge on any atom is 0.237 e. The van der Waals surface area contributed by atoms with Gasteiger partial charge >= 0.3 is 0 Å². The van der Waals surface area contributed by atoms with Gasteiger partial charge in [0, 0.05) is 12.1 Å². The molecule has 0 radical (unpaired) electrons. The van der Waals surface area contributed by atoms with Gasteiger partial charge in [-0.2, -0.15) is 0 Å². The normalized spacial score (nSPS) is 22.7. The Morgan fingerprint density at radius 1 is 0.882 bits per heavy atom. The molecule has 5 heteroatoms. The first kappa shape index (κ1) is 12.4. The molecule has 2 unspecified atom stereocenters. The highest BCUT2D eigenvalue weighted by molar-refractivity contribution is 5.85. The molecule has 2 fully saturated rings. The van der Waals surface area contributed by atoms with Crippen LogP contribution in [0.15, 0.2) is 0 Å². The number of nitrogens with one attached hydrogen (secondary N) is 3. The van der Waals surface area contributed by atoms with Crippen molar-refractivity contribution in [1.29, 1.82) is 0 Å². The Kier molecular flexibility index (Phi) is 3.66. The van der Waals surface area contributed by atoms with E-state index in [9.17, 15) is 9.59 Å². The molecule has 0 aromatic rings. The van der Waals surface area contributed by atoms with Crippen molar-refractivity contribution >= 4 is 11.8 Å². The zero-order chi connectivity index (χ0) is 12.4. The van der Waals surface area contributed by atoms with Crippen molar-refractivity contribution in [2.24, 2.45) is 0 Å². The van der Waals surface area contributed by atoms with Crippen LogP contribution in [0.3, 0.4) is 0 Å². The van der Waals surface area contributed by atoms with Gasteiger partial charge in [-0.3, -0.25) is 14.9 Å². The molecule has 0 aliphatic heterocycles. The zero-order valence-electron chi connectivity index (χ0n) is 10.5. The molecule has 0 heterocycles. The van der Waals surface area contributed by atoms with Crippen LogP contribution in [0.2, 0.25) is 0 Å². The molecule has 2 amide bonds. The summed E-state index contributed by atoms with van der Waals surface area (Å²) >= 11 is 0. The Morgan fingerprint density at radius 3 is 1.53 bits per heavy atom. The van der Waals surface area contributed by atoms with Gasteiger partial charge in [0.15, 0.2) is 0 Å². The Bertz CT molecular complexity index is 281. The summed E-state index contributed by atoms with van der Waals surface area (Å²) in [4.78, 5) is 23.4. The summed E-state index contributed by atoms with van der Waals surface area (Å²) in [5, 5.41) is 8.86. The molecule has 0 bridgehead atoms. The SMILES string of the molecule is CC(NC(C)C(=O)NC1CC1)C(=O)NC1CC1. The van der Waals surface area contributed by atoms with E-state index < -0.39 is 0 Å². The van der Waals surface area contributed by atoms with Crippen LogP contribution in [0.25, 0.3) is 0 Å². The third-order valence-electron chi connectivity index (χ3n) is 3.13. The third kappa shape index (κ3) is 4.00. The standard InChI is InChI=1S/C12H21N3O2/c1-7(11(16)14-9-3-4-9)13-8(2)12(17)15-10-5-6-10/h7-10,13H,3-6H2,1-2H3,(H,14,16)(H,15,17). The highest BCUT2D eigenvalue weighted by atomic mass is 16.2. The van der Waals surface area contributed by atoms with Crippen molar-refractivity contribution in [1.82, 2.24) is 16.0 Å². The molecule has 2 saturated carbocycles. The summed E-state index contributed by atoms with van der Waals surface area (Å²) in [5.74, 6) is -0.0304. The smallest absolute Gasteiger partial charge is 0.237 e. The van der Waals surface area contributed by atoms with Crippen LogP contribution in [0.5, 0.6) is 0 Å². The number of carbonyl (C=O) groups excluding carboxylic acids is 2. The zero-order valence-corrected chi connectivity index (χ0v) is 10.5. The topological polar surface area (TPSA) is 70.2 Å². The largest absolute Gasteiger partial charge is 0.352 e. The van der Waals surface area contributed by atoms with Crippen LogP contribution in [-0.4, -0.2) is 36.0 Å². The van der Waals surface area contributed by atoms with E-state index in [2.05, 4.69) is 16.0 Å². The fourth-order valence-electron chi connectivity index (χ4n) is 1.63. The molecule has 0 aromatic carbocycles. The van der Waals surface area contributed by atoms with Gasteiger partial charge in [-0.1, -0.05) is 0 Å². The lowest BCUT2D eigenvalue weighted by Gasteiger charge is -2.19. The van der Waals surface area contributed by atoms with E-state index in [1.165, 1.54) is 0 Å². The van der Waals surface area contributed by atoms with E-state index in [0.717, 1.165) is 25.7 Å². The third-order valence-corrected chi connectivity index (χ3v) is 3.13. The predicted octanol–water partition coefficient (Wildman–Crippen LogP) is -0.0898. The van der Waals surface area contributed by atoms with E-state index in [0.29, 0.717) is 12.1 Å². The van der Waals surface area contributed by atoms with Crippen molar-refractivity contribution in [2.75, 3.05) is 0 Å². The van der Waals surface area contributed by atoms with Gasteiger partial charge in [0.25, 0.3) is 0 Å². The minimum Gasteiger partial charge on any atom is -0.352 e. The van der Waals surface area contributed by atoms with E-state index >= 15 is 0 Å². The summed E-state index contributed by atoms with van der Waals surface area (Å²) in [5.41, 5.74) is 0. The summed E-state index contributed by atoms with van der Waals surface area (Å²) in [6.07, 6.45) is 4.32. The van der Waals surface area contributed by atoms with E-state index in [1.54, 1.807) is 13.8 Å². The molecule has 2 atom stereocenters. The second-order valence-electron chi connectivity index (χ2n) is 5.18. The fourth-order valence-corrected chi connectivity index (χ4v) is 1.63. The lowest BCUT2D eigenvalue weighted by Crippen LogP contribution is -2.51. The molecule has 3 N–H and O–H groups in total. The maximum absolute atomic E-state index is 11.7. The van der Waals surface area contributed by atoms with Crippen molar-refractivity contribution in [3.8, 4) is 0 Å². The van der Waals surface area contributed by atoms with Crippen LogP contribution in [0.1, 0.15) is 39.5 Å². The Labute approximate surface area is 102 Å². The fraction of sp³-hybridized carbons (Fsp3) is 0.833. The van der Waals surface area contributed by atoms with Crippen molar-refractivity contribution in [2.45, 2.75) is 63.7 Å². The average Bonchev–Trinajstić information content (AvgIpc) is 3.12. The minimum absolute atomic E-state index is 0.0152. The summed E-state index contributed by atoms with van der Waals surface area (Å²) < 4.78 is 0. The van der Waals surface area contributed by atoms with Crippen LogP contribution >= 0.6 is 0 Å². The average molecular weight is 239 g/mol. The van der Waals surface area contributed by atoms with Crippen molar-refractivity contribution in [3.05, 3.63) is 0 Å². The van der Waals surface area contributed by atoms with Gasteiger partial charge in [0.1, 0.15) is 0 Å². The number of hydrogen-bond donors (Lipinski definition) is 3. The quantitative estimate of drug-likeness (QED) is 0.607. The van der Waals surface area contributed by atoms with Gasteiger partial charge in [0.2, 0.25) is 11.8 Å². The maximum atomic E-state index is 11.7. The second-order valence-corrected chi connectivity index (χ2v) is 5.18. The first-order valence-corrected chi connectivity index (χ1v) is 6.43. The molecule has 2 aliphatic carbocycles. The number of rotatable bonds is 6. The van der Waals surface area contributed by atoms with Crippen LogP contribution in [0.4, 0.5) is 0 Å². The minimum atomic E-state index is -0.324. The molecule has 0 aromatic heterocycles. The summed E-state index contributed by atoms with van der Waals surface area (Å²) in [6, 6.07) is 0.0794. The second kappa shape index (κ2) is 5.04. The predicted molar refractivity (Wildman–Crippen MR) is 64.4 cm³/mol. The Balaban J connectivity index is 1.69. The molecule has 17 heavy (non-hydrogen) atoms. The summed E-state index contributed by atoms with van der Waals surface area (Å²) in [6.45, 7) is 3.58. The Hall–Kier alpha value is -1.10. The number of carbonyl (C=O) groups is 2. The van der Waals surface area contributed by atoms with Gasteiger partial charge in [-0.25, -0.2) is 0 Å². The molecule has 2 aliphatic rings. The number of amides is 2. The monoisotopic (exact) mass is 239 g/mol. The molecular weight excluding hydrogens is 218 g/mol. The van der Waals surface area contributed by atoms with Gasteiger partial charge in [0.05, 0.1) is 12.1 Å². The molecule has 96 valence electrons. The van der Waals surface area contributed by atoms with Crippen LogP contribution in [0, 0.1) is 0 Å². The van der Waals surface area contributed by atoms with Crippen LogP contribution < -0.4 is 16.0 Å². The highest BCUT2D eigenvalue weighted by Crippen LogP contribution is 2.19. The molecule has 0 saturated heterocycles.